The first kappa shape index (κ1) is 75.1. The number of hydrogen-bond acceptors (Lipinski definition) is 6. The molecule has 1 unspecified atom stereocenters. The van der Waals surface area contributed by atoms with E-state index in [9.17, 15) is 14.4 Å². The third-order valence-electron chi connectivity index (χ3n) is 15.3. The molecule has 78 heavy (non-hydrogen) atoms. The average molecular weight is 1090 g/mol. The number of hydrogen-bond donors (Lipinski definition) is 0. The Labute approximate surface area is 485 Å². The lowest BCUT2D eigenvalue weighted by molar-refractivity contribution is -0.167. The number of carbonyl (C=O) groups excluding carboxylic acids is 3. The maximum Gasteiger partial charge on any atom is 0.306 e. The van der Waals surface area contributed by atoms with E-state index in [1.165, 1.54) is 225 Å². The lowest BCUT2D eigenvalue weighted by atomic mass is 10.0. The van der Waals surface area contributed by atoms with Gasteiger partial charge in [-0.05, 0) is 83.5 Å². The minimum atomic E-state index is -0.790. The Bertz CT molecular complexity index is 1390. The van der Waals surface area contributed by atoms with E-state index in [4.69, 9.17) is 14.2 Å². The SMILES string of the molecule is CC/C=C\C/C=C\C/C=C\CCCCCC(=O)OCC(COC(=O)CCCCCCCCCCCCCCCCCCCCCCCCCCCCCCCC)OC(=O)CCCCCCCCC/C=C\C/C=C\CCCCC. The molecule has 0 saturated heterocycles. The summed E-state index contributed by atoms with van der Waals surface area (Å²) in [5.74, 6) is -0.904. The van der Waals surface area contributed by atoms with Gasteiger partial charge in [0.15, 0.2) is 6.10 Å². The van der Waals surface area contributed by atoms with Crippen LogP contribution in [0.25, 0.3) is 0 Å². The van der Waals surface area contributed by atoms with Crippen molar-refractivity contribution in [2.45, 2.75) is 367 Å². The molecule has 0 aliphatic heterocycles. The first-order chi connectivity index (χ1) is 38.5. The van der Waals surface area contributed by atoms with E-state index < -0.39 is 6.10 Å². The Kier molecular flexibility index (Phi) is 64.2. The van der Waals surface area contributed by atoms with Gasteiger partial charge in [-0.1, -0.05) is 319 Å². The number of ether oxygens (including phenoxy) is 3. The predicted octanol–water partition coefficient (Wildman–Crippen LogP) is 23.5. The molecule has 0 aromatic heterocycles. The van der Waals surface area contributed by atoms with Crippen molar-refractivity contribution in [3.05, 3.63) is 60.8 Å². The zero-order valence-electron chi connectivity index (χ0n) is 52.2. The molecule has 0 bridgehead atoms. The molecule has 0 rings (SSSR count). The Morgan fingerprint density at radius 3 is 0.821 bits per heavy atom. The van der Waals surface area contributed by atoms with Crippen molar-refractivity contribution < 1.29 is 28.6 Å². The van der Waals surface area contributed by atoms with Crippen LogP contribution in [0, 0.1) is 0 Å². The van der Waals surface area contributed by atoms with Crippen molar-refractivity contribution in [2.24, 2.45) is 0 Å². The van der Waals surface area contributed by atoms with Crippen molar-refractivity contribution >= 4 is 17.9 Å². The van der Waals surface area contributed by atoms with Crippen molar-refractivity contribution in [1.29, 1.82) is 0 Å². The summed E-state index contributed by atoms with van der Waals surface area (Å²) in [6.45, 7) is 6.52. The van der Waals surface area contributed by atoms with Crippen LogP contribution in [0.2, 0.25) is 0 Å². The summed E-state index contributed by atoms with van der Waals surface area (Å²) >= 11 is 0. The van der Waals surface area contributed by atoms with Crippen LogP contribution in [0.4, 0.5) is 0 Å². The van der Waals surface area contributed by atoms with Gasteiger partial charge in [0.05, 0.1) is 0 Å². The van der Waals surface area contributed by atoms with Gasteiger partial charge in [-0.25, -0.2) is 0 Å². The minimum absolute atomic E-state index is 0.0840. The molecule has 0 aromatic rings. The van der Waals surface area contributed by atoms with Crippen molar-refractivity contribution in [2.75, 3.05) is 13.2 Å². The minimum Gasteiger partial charge on any atom is -0.462 e. The molecule has 6 nitrogen and oxygen atoms in total. The first-order valence-electron chi connectivity index (χ1n) is 34.3. The van der Waals surface area contributed by atoms with Gasteiger partial charge in [0.25, 0.3) is 0 Å². The molecule has 0 radical (unpaired) electrons. The van der Waals surface area contributed by atoms with Crippen molar-refractivity contribution in [3.63, 3.8) is 0 Å². The maximum atomic E-state index is 12.9. The largest absolute Gasteiger partial charge is 0.462 e. The lowest BCUT2D eigenvalue weighted by Gasteiger charge is -2.18. The molecular weight excluding hydrogens is 961 g/mol. The van der Waals surface area contributed by atoms with Gasteiger partial charge >= 0.3 is 17.9 Å². The molecule has 0 fully saturated rings. The summed E-state index contributed by atoms with van der Waals surface area (Å²) in [5, 5.41) is 0. The highest BCUT2D eigenvalue weighted by Crippen LogP contribution is 2.18. The smallest absolute Gasteiger partial charge is 0.306 e. The first-order valence-corrected chi connectivity index (χ1v) is 34.3. The molecule has 0 aliphatic rings. The van der Waals surface area contributed by atoms with Crippen LogP contribution < -0.4 is 0 Å². The Morgan fingerprint density at radius 1 is 0.269 bits per heavy atom. The van der Waals surface area contributed by atoms with Gasteiger partial charge in [0, 0.05) is 19.3 Å². The number of unbranched alkanes of at least 4 members (excludes halogenated alkanes) is 42. The van der Waals surface area contributed by atoms with E-state index in [2.05, 4.69) is 81.5 Å². The number of allylic oxidation sites excluding steroid dienone is 10. The van der Waals surface area contributed by atoms with E-state index in [-0.39, 0.29) is 31.1 Å². The van der Waals surface area contributed by atoms with E-state index in [1.807, 2.05) is 0 Å². The highest BCUT2D eigenvalue weighted by atomic mass is 16.6. The Morgan fingerprint density at radius 2 is 0.500 bits per heavy atom. The van der Waals surface area contributed by atoms with E-state index >= 15 is 0 Å². The van der Waals surface area contributed by atoms with E-state index in [0.29, 0.717) is 19.3 Å². The summed E-state index contributed by atoms with van der Waals surface area (Å²) in [6.07, 6.45) is 85.5. The van der Waals surface area contributed by atoms with Crippen LogP contribution in [0.3, 0.4) is 0 Å². The van der Waals surface area contributed by atoms with Gasteiger partial charge in [-0.3, -0.25) is 14.4 Å². The highest BCUT2D eigenvalue weighted by Gasteiger charge is 2.19. The summed E-state index contributed by atoms with van der Waals surface area (Å²) in [5.41, 5.74) is 0. The van der Waals surface area contributed by atoms with E-state index in [0.717, 1.165) is 96.3 Å². The topological polar surface area (TPSA) is 78.9 Å². The molecule has 0 N–H and O–H groups in total. The zero-order valence-corrected chi connectivity index (χ0v) is 52.2. The van der Waals surface area contributed by atoms with Gasteiger partial charge in [-0.2, -0.15) is 0 Å². The maximum absolute atomic E-state index is 12.9. The Hall–Kier alpha value is -2.89. The monoisotopic (exact) mass is 1090 g/mol. The second-order valence-corrected chi connectivity index (χ2v) is 23.1. The molecule has 0 aliphatic carbocycles. The predicted molar refractivity (Wildman–Crippen MR) is 339 cm³/mol. The van der Waals surface area contributed by atoms with Crippen LogP contribution >= 0.6 is 0 Å². The van der Waals surface area contributed by atoms with Gasteiger partial charge in [-0.15, -0.1) is 0 Å². The van der Waals surface area contributed by atoms with Crippen LogP contribution in [0.5, 0.6) is 0 Å². The zero-order chi connectivity index (χ0) is 56.4. The van der Waals surface area contributed by atoms with Gasteiger partial charge in [0.2, 0.25) is 0 Å². The molecule has 0 saturated carbocycles. The number of carbonyl (C=O) groups is 3. The molecule has 0 amide bonds. The molecule has 0 spiro atoms. The summed E-state index contributed by atoms with van der Waals surface area (Å²) in [4.78, 5) is 38.3. The third kappa shape index (κ3) is 63.9. The third-order valence-corrected chi connectivity index (χ3v) is 15.3. The molecule has 1 atom stereocenters. The summed E-state index contributed by atoms with van der Waals surface area (Å²) < 4.78 is 16.9. The van der Waals surface area contributed by atoms with Gasteiger partial charge < -0.3 is 14.2 Å². The number of esters is 3. The van der Waals surface area contributed by atoms with Crippen molar-refractivity contribution in [3.8, 4) is 0 Å². The van der Waals surface area contributed by atoms with Crippen LogP contribution in [-0.4, -0.2) is 37.2 Å². The van der Waals surface area contributed by atoms with E-state index in [1.54, 1.807) is 0 Å². The van der Waals surface area contributed by atoms with Crippen LogP contribution in [-0.2, 0) is 28.6 Å². The second kappa shape index (κ2) is 66.6. The molecule has 0 heterocycles. The molecule has 0 aromatic carbocycles. The van der Waals surface area contributed by atoms with Crippen LogP contribution in [0.1, 0.15) is 361 Å². The normalized spacial score (nSPS) is 12.4. The fourth-order valence-corrected chi connectivity index (χ4v) is 10.1. The molecule has 6 heteroatoms. The fourth-order valence-electron chi connectivity index (χ4n) is 10.1. The molecular formula is C72H130O6. The average Bonchev–Trinajstić information content (AvgIpc) is 3.44. The lowest BCUT2D eigenvalue weighted by Crippen LogP contribution is -2.30. The standard InChI is InChI=1S/C72H130O6/c1-4-7-10-13-16-19-22-25-27-29-30-31-32-33-34-35-36-37-38-39-40-41-43-44-47-50-53-56-59-62-65-71(74)77-68-69(67-76-70(73)64-61-58-55-52-49-46-24-21-18-15-12-9-6-3)78-72(75)66-63-60-57-54-51-48-45-42-28-26-23-20-17-14-11-8-5-2/h9,12,17-18,20-21,26,28,46,49,69H,4-8,10-11,13-16,19,22-25,27,29-45,47-48,50-68H2,1-3H3/b12-9-,20-17-,21-18-,28-26-,49-46-. The highest BCUT2D eigenvalue weighted by molar-refractivity contribution is 5.71. The fraction of sp³-hybridized carbons (Fsp3) is 0.819. The number of rotatable bonds is 63. The summed E-state index contributed by atoms with van der Waals surface area (Å²) in [7, 11) is 0. The van der Waals surface area contributed by atoms with Gasteiger partial charge in [0.1, 0.15) is 13.2 Å². The Balaban J connectivity index is 4.17. The second-order valence-electron chi connectivity index (χ2n) is 23.1. The quantitative estimate of drug-likeness (QED) is 0.0261. The molecule has 454 valence electrons. The van der Waals surface area contributed by atoms with Crippen LogP contribution in [0.15, 0.2) is 60.8 Å². The van der Waals surface area contributed by atoms with Crippen molar-refractivity contribution in [1.82, 2.24) is 0 Å². The summed E-state index contributed by atoms with van der Waals surface area (Å²) in [6, 6.07) is 0.